The topological polar surface area (TPSA) is 79.6 Å². The first-order valence-electron chi connectivity index (χ1n) is 4.81. The zero-order valence-electron chi connectivity index (χ0n) is 8.69. The SMILES string of the molecule is CC(C)NCc1nc(-c2ncc[nH]2)no1. The van der Waals surface area contributed by atoms with Gasteiger partial charge in [-0.25, -0.2) is 4.98 Å². The van der Waals surface area contributed by atoms with Gasteiger partial charge >= 0.3 is 0 Å². The monoisotopic (exact) mass is 207 g/mol. The molecule has 15 heavy (non-hydrogen) atoms. The van der Waals surface area contributed by atoms with Crippen LogP contribution in [-0.2, 0) is 6.54 Å². The van der Waals surface area contributed by atoms with E-state index in [1.54, 1.807) is 12.4 Å². The molecule has 0 saturated heterocycles. The fourth-order valence-electron chi connectivity index (χ4n) is 1.10. The molecule has 0 spiro atoms. The van der Waals surface area contributed by atoms with Crippen LogP contribution >= 0.6 is 0 Å². The lowest BCUT2D eigenvalue weighted by atomic mass is 10.4. The van der Waals surface area contributed by atoms with Gasteiger partial charge in [0.05, 0.1) is 6.54 Å². The van der Waals surface area contributed by atoms with E-state index in [1.807, 2.05) is 0 Å². The van der Waals surface area contributed by atoms with E-state index in [0.29, 0.717) is 30.1 Å². The number of nitrogens with one attached hydrogen (secondary N) is 2. The summed E-state index contributed by atoms with van der Waals surface area (Å²) in [6.45, 7) is 4.69. The highest BCUT2D eigenvalue weighted by Gasteiger charge is 2.09. The number of nitrogens with zero attached hydrogens (tertiary/aromatic N) is 3. The van der Waals surface area contributed by atoms with Crippen molar-refractivity contribution in [3.63, 3.8) is 0 Å². The van der Waals surface area contributed by atoms with E-state index in [4.69, 9.17) is 4.52 Å². The summed E-state index contributed by atoms with van der Waals surface area (Å²) in [5.41, 5.74) is 0. The second-order valence-electron chi connectivity index (χ2n) is 3.49. The van der Waals surface area contributed by atoms with E-state index in [1.165, 1.54) is 0 Å². The predicted molar refractivity (Wildman–Crippen MR) is 53.9 cm³/mol. The predicted octanol–water partition coefficient (Wildman–Crippen LogP) is 0.958. The van der Waals surface area contributed by atoms with Crippen molar-refractivity contribution in [1.82, 2.24) is 25.4 Å². The van der Waals surface area contributed by atoms with Crippen LogP contribution in [0.2, 0.25) is 0 Å². The molecule has 0 radical (unpaired) electrons. The molecule has 0 saturated carbocycles. The minimum Gasteiger partial charge on any atom is -0.342 e. The lowest BCUT2D eigenvalue weighted by Crippen LogP contribution is -2.21. The first kappa shape index (κ1) is 9.85. The average Bonchev–Trinajstić information content (AvgIpc) is 2.85. The van der Waals surface area contributed by atoms with E-state index in [9.17, 15) is 0 Å². The summed E-state index contributed by atoms with van der Waals surface area (Å²) in [5, 5.41) is 7.01. The van der Waals surface area contributed by atoms with Crippen LogP contribution in [0.5, 0.6) is 0 Å². The van der Waals surface area contributed by atoms with Crippen molar-refractivity contribution >= 4 is 0 Å². The molecular formula is C9H13N5O. The number of hydrogen-bond acceptors (Lipinski definition) is 5. The Bertz CT molecular complexity index is 406. The molecule has 0 bridgehead atoms. The van der Waals surface area contributed by atoms with Crippen molar-refractivity contribution < 1.29 is 4.52 Å². The smallest absolute Gasteiger partial charge is 0.241 e. The molecular weight excluding hydrogens is 194 g/mol. The molecule has 0 aliphatic heterocycles. The molecule has 0 aliphatic rings. The summed E-state index contributed by atoms with van der Waals surface area (Å²) in [6, 6.07) is 0.393. The van der Waals surface area contributed by atoms with Gasteiger partial charge in [0.25, 0.3) is 0 Å². The molecule has 6 heteroatoms. The zero-order valence-corrected chi connectivity index (χ0v) is 8.69. The molecule has 2 aromatic heterocycles. The fraction of sp³-hybridized carbons (Fsp3) is 0.444. The third kappa shape index (κ3) is 2.41. The molecule has 0 fully saturated rings. The highest BCUT2D eigenvalue weighted by molar-refractivity contribution is 5.40. The van der Waals surface area contributed by atoms with Crippen LogP contribution in [0, 0.1) is 0 Å². The third-order valence-electron chi connectivity index (χ3n) is 1.84. The molecule has 2 N–H and O–H groups in total. The molecule has 2 rings (SSSR count). The Morgan fingerprint density at radius 1 is 1.53 bits per heavy atom. The second kappa shape index (κ2) is 4.22. The Morgan fingerprint density at radius 2 is 2.40 bits per heavy atom. The second-order valence-corrected chi connectivity index (χ2v) is 3.49. The van der Waals surface area contributed by atoms with Crippen LogP contribution in [-0.4, -0.2) is 26.2 Å². The lowest BCUT2D eigenvalue weighted by Gasteiger charge is -2.02. The van der Waals surface area contributed by atoms with E-state index in [0.717, 1.165) is 0 Å². The van der Waals surface area contributed by atoms with E-state index < -0.39 is 0 Å². The molecule has 0 atom stereocenters. The maximum atomic E-state index is 5.06. The van der Waals surface area contributed by atoms with Gasteiger partial charge in [0.15, 0.2) is 5.82 Å². The summed E-state index contributed by atoms with van der Waals surface area (Å²) < 4.78 is 5.06. The number of rotatable bonds is 4. The highest BCUT2D eigenvalue weighted by atomic mass is 16.5. The van der Waals surface area contributed by atoms with Crippen LogP contribution in [0.25, 0.3) is 11.6 Å². The highest BCUT2D eigenvalue weighted by Crippen LogP contribution is 2.09. The number of H-pyrrole nitrogens is 1. The van der Waals surface area contributed by atoms with Gasteiger partial charge < -0.3 is 14.8 Å². The van der Waals surface area contributed by atoms with Gasteiger partial charge in [-0.2, -0.15) is 4.98 Å². The van der Waals surface area contributed by atoms with Gasteiger partial charge in [-0.1, -0.05) is 19.0 Å². The number of imidazole rings is 1. The lowest BCUT2D eigenvalue weighted by molar-refractivity contribution is 0.362. The van der Waals surface area contributed by atoms with Gasteiger partial charge in [-0.15, -0.1) is 0 Å². The fourth-order valence-corrected chi connectivity index (χ4v) is 1.10. The van der Waals surface area contributed by atoms with E-state index in [-0.39, 0.29) is 0 Å². The standard InChI is InChI=1S/C9H13N5O/c1-6(2)12-5-7-13-9(14-15-7)8-10-3-4-11-8/h3-4,6,12H,5H2,1-2H3,(H,10,11). The van der Waals surface area contributed by atoms with Gasteiger partial charge in [0.2, 0.25) is 11.7 Å². The summed E-state index contributed by atoms with van der Waals surface area (Å²) in [6.07, 6.45) is 3.37. The van der Waals surface area contributed by atoms with Crippen LogP contribution in [0.15, 0.2) is 16.9 Å². The zero-order chi connectivity index (χ0) is 10.7. The molecule has 0 aliphatic carbocycles. The first-order chi connectivity index (χ1) is 7.25. The van der Waals surface area contributed by atoms with Crippen molar-refractivity contribution in [3.8, 4) is 11.6 Å². The van der Waals surface area contributed by atoms with Crippen LogP contribution in [0.3, 0.4) is 0 Å². The molecule has 0 unspecified atom stereocenters. The minimum absolute atomic E-state index is 0.393. The Morgan fingerprint density at radius 3 is 3.07 bits per heavy atom. The van der Waals surface area contributed by atoms with Crippen LogP contribution in [0.1, 0.15) is 19.7 Å². The molecule has 0 amide bonds. The molecule has 6 nitrogen and oxygen atoms in total. The number of aromatic amines is 1. The summed E-state index contributed by atoms with van der Waals surface area (Å²) >= 11 is 0. The average molecular weight is 207 g/mol. The van der Waals surface area contributed by atoms with Gasteiger partial charge in [0, 0.05) is 18.4 Å². The number of aromatic nitrogens is 4. The quantitative estimate of drug-likeness (QED) is 0.780. The van der Waals surface area contributed by atoms with E-state index >= 15 is 0 Å². The largest absolute Gasteiger partial charge is 0.342 e. The van der Waals surface area contributed by atoms with Crippen molar-refractivity contribution in [1.29, 1.82) is 0 Å². The normalized spacial score (nSPS) is 11.1. The summed E-state index contributed by atoms with van der Waals surface area (Å²) in [4.78, 5) is 11.1. The van der Waals surface area contributed by atoms with Gasteiger partial charge in [-0.3, -0.25) is 0 Å². The minimum atomic E-state index is 0.393. The Labute approximate surface area is 87.1 Å². The maximum absolute atomic E-state index is 5.06. The molecule has 2 aromatic rings. The van der Waals surface area contributed by atoms with Gasteiger partial charge in [-0.05, 0) is 0 Å². The Kier molecular flexibility index (Phi) is 2.77. The summed E-state index contributed by atoms with van der Waals surface area (Å²) in [7, 11) is 0. The maximum Gasteiger partial charge on any atom is 0.241 e. The van der Waals surface area contributed by atoms with Crippen molar-refractivity contribution in [2.45, 2.75) is 26.4 Å². The van der Waals surface area contributed by atoms with Crippen molar-refractivity contribution in [2.24, 2.45) is 0 Å². The van der Waals surface area contributed by atoms with Gasteiger partial charge in [0.1, 0.15) is 0 Å². The first-order valence-corrected chi connectivity index (χ1v) is 4.81. The summed E-state index contributed by atoms with van der Waals surface area (Å²) in [5.74, 6) is 1.67. The van der Waals surface area contributed by atoms with Crippen molar-refractivity contribution in [3.05, 3.63) is 18.3 Å². The Balaban J connectivity index is 2.04. The molecule has 80 valence electrons. The van der Waals surface area contributed by atoms with E-state index in [2.05, 4.69) is 39.3 Å². The van der Waals surface area contributed by atoms with Crippen molar-refractivity contribution in [2.75, 3.05) is 0 Å². The Hall–Kier alpha value is -1.69. The number of hydrogen-bond donors (Lipinski definition) is 2. The molecule has 0 aromatic carbocycles. The van der Waals surface area contributed by atoms with Crippen LogP contribution < -0.4 is 5.32 Å². The third-order valence-corrected chi connectivity index (χ3v) is 1.84. The van der Waals surface area contributed by atoms with Crippen LogP contribution in [0.4, 0.5) is 0 Å². The molecule has 2 heterocycles.